The summed E-state index contributed by atoms with van der Waals surface area (Å²) in [5.41, 5.74) is 5.16. The first-order valence-electron chi connectivity index (χ1n) is 9.45. The summed E-state index contributed by atoms with van der Waals surface area (Å²) in [6.45, 7) is 7.07. The minimum atomic E-state index is 0.666. The van der Waals surface area contributed by atoms with Crippen molar-refractivity contribution in [1.82, 2.24) is 4.98 Å². The number of anilines is 1. The van der Waals surface area contributed by atoms with Gasteiger partial charge in [-0.3, -0.25) is 4.99 Å². The van der Waals surface area contributed by atoms with Crippen molar-refractivity contribution in [1.29, 1.82) is 0 Å². The van der Waals surface area contributed by atoms with Crippen molar-refractivity contribution in [2.45, 2.75) is 33.1 Å². The van der Waals surface area contributed by atoms with E-state index in [0.717, 1.165) is 59.6 Å². The lowest BCUT2D eigenvalue weighted by Crippen LogP contribution is -2.28. The maximum atomic E-state index is 6.20. The highest BCUT2D eigenvalue weighted by molar-refractivity contribution is 5.82. The van der Waals surface area contributed by atoms with Gasteiger partial charge in [0.15, 0.2) is 11.3 Å². The van der Waals surface area contributed by atoms with Crippen LogP contribution in [0.3, 0.4) is 0 Å². The largest absolute Gasteiger partial charge is 0.491 e. The molecule has 1 aliphatic carbocycles. The number of nitrogens with zero attached hydrogens (tertiary/aromatic N) is 3. The summed E-state index contributed by atoms with van der Waals surface area (Å²) < 4.78 is 12.0. The molecule has 0 radical (unpaired) electrons. The average molecular weight is 351 g/mol. The minimum absolute atomic E-state index is 0.666. The van der Waals surface area contributed by atoms with Crippen molar-refractivity contribution in [2.75, 3.05) is 31.6 Å². The lowest BCUT2D eigenvalue weighted by Gasteiger charge is -2.30. The lowest BCUT2D eigenvalue weighted by molar-refractivity contribution is 0.313. The average Bonchev–Trinajstić information content (AvgIpc) is 2.67. The fourth-order valence-corrected chi connectivity index (χ4v) is 3.63. The van der Waals surface area contributed by atoms with Crippen molar-refractivity contribution < 1.29 is 9.15 Å². The summed E-state index contributed by atoms with van der Waals surface area (Å²) in [5.74, 6) is 1.50. The van der Waals surface area contributed by atoms with E-state index < -0.39 is 0 Å². The van der Waals surface area contributed by atoms with Crippen LogP contribution in [0.5, 0.6) is 5.75 Å². The van der Waals surface area contributed by atoms with E-state index in [1.165, 1.54) is 17.7 Å². The molecule has 0 saturated carbocycles. The molecule has 0 unspecified atom stereocenters. The van der Waals surface area contributed by atoms with Crippen molar-refractivity contribution in [2.24, 2.45) is 4.99 Å². The third-order valence-corrected chi connectivity index (χ3v) is 4.96. The molecule has 0 saturated heterocycles. The van der Waals surface area contributed by atoms with E-state index in [1.807, 2.05) is 12.1 Å². The Morgan fingerprint density at radius 3 is 2.88 bits per heavy atom. The molecule has 1 aromatic rings. The Labute approximate surface area is 153 Å². The third kappa shape index (κ3) is 2.91. The number of benzene rings is 2. The van der Waals surface area contributed by atoms with Crippen LogP contribution >= 0.6 is 0 Å². The Bertz CT molecular complexity index is 977. The molecule has 26 heavy (non-hydrogen) atoms. The minimum Gasteiger partial charge on any atom is -0.491 e. The summed E-state index contributed by atoms with van der Waals surface area (Å²) in [4.78, 5) is 11.6. The number of hydrogen-bond acceptors (Lipinski definition) is 5. The Hall–Kier alpha value is -2.56. The molecule has 5 nitrogen and oxygen atoms in total. The molecule has 3 aliphatic rings. The van der Waals surface area contributed by atoms with Gasteiger partial charge in [-0.2, -0.15) is 0 Å². The van der Waals surface area contributed by atoms with Gasteiger partial charge in [0.1, 0.15) is 22.3 Å². The molecule has 0 N–H and O–H groups in total. The van der Waals surface area contributed by atoms with Crippen LogP contribution in [0.1, 0.15) is 32.3 Å². The van der Waals surface area contributed by atoms with Gasteiger partial charge in [-0.15, -0.1) is 0 Å². The van der Waals surface area contributed by atoms with Gasteiger partial charge in [-0.1, -0.05) is 6.92 Å². The zero-order valence-corrected chi connectivity index (χ0v) is 15.7. The van der Waals surface area contributed by atoms with Gasteiger partial charge < -0.3 is 14.1 Å². The summed E-state index contributed by atoms with van der Waals surface area (Å²) in [6.07, 6.45) is 3.24. The summed E-state index contributed by atoms with van der Waals surface area (Å²) in [6, 6.07) is 8.18. The SMILES string of the molecule is CCCOc1cc2nc3cc4c(cc3oc-2cc1=NC)N(CC)CCC4. The third-order valence-electron chi connectivity index (χ3n) is 4.96. The van der Waals surface area contributed by atoms with Crippen LogP contribution in [0.15, 0.2) is 33.7 Å². The predicted octanol–water partition coefficient (Wildman–Crippen LogP) is 4.02. The first kappa shape index (κ1) is 16.9. The normalized spacial score (nSPS) is 14.9. The van der Waals surface area contributed by atoms with Crippen LogP contribution in [0.25, 0.3) is 22.6 Å². The molecule has 0 fully saturated rings. The monoisotopic (exact) mass is 351 g/mol. The highest BCUT2D eigenvalue weighted by Crippen LogP contribution is 2.34. The zero-order valence-electron chi connectivity index (χ0n) is 15.7. The molecule has 5 heteroatoms. The number of aryl methyl sites for hydroxylation is 1. The molecule has 0 aromatic heterocycles. The second-order valence-corrected chi connectivity index (χ2v) is 6.71. The van der Waals surface area contributed by atoms with Crippen LogP contribution in [-0.2, 0) is 6.42 Å². The first-order valence-corrected chi connectivity index (χ1v) is 9.45. The molecule has 0 spiro atoms. The highest BCUT2D eigenvalue weighted by atomic mass is 16.5. The molecule has 0 amide bonds. The van der Waals surface area contributed by atoms with Gasteiger partial charge in [0.2, 0.25) is 0 Å². The van der Waals surface area contributed by atoms with Gasteiger partial charge in [-0.05, 0) is 37.8 Å². The quantitative estimate of drug-likeness (QED) is 0.666. The van der Waals surface area contributed by atoms with Crippen LogP contribution in [0, 0.1) is 0 Å². The van der Waals surface area contributed by atoms with Gasteiger partial charge >= 0.3 is 0 Å². The summed E-state index contributed by atoms with van der Waals surface area (Å²) >= 11 is 0. The summed E-state index contributed by atoms with van der Waals surface area (Å²) in [7, 11) is 1.77. The molecule has 0 atom stereocenters. The maximum absolute atomic E-state index is 6.20. The topological polar surface area (TPSA) is 50.9 Å². The van der Waals surface area contributed by atoms with E-state index in [9.17, 15) is 0 Å². The predicted molar refractivity (Wildman–Crippen MR) is 104 cm³/mol. The number of hydrogen-bond donors (Lipinski definition) is 0. The van der Waals surface area contributed by atoms with Gasteiger partial charge in [-0.25, -0.2) is 4.98 Å². The van der Waals surface area contributed by atoms with E-state index in [2.05, 4.69) is 35.9 Å². The standard InChI is InChI=1S/C21H25N3O2/c1-4-9-25-19-12-17-20(11-15(19)22-3)26-21-13-18-14(10-16(21)23-17)7-6-8-24(18)5-2/h10-13H,4-9H2,1-3H3. The van der Waals surface area contributed by atoms with E-state index >= 15 is 0 Å². The first-order chi connectivity index (χ1) is 12.7. The number of aromatic nitrogens is 1. The van der Waals surface area contributed by atoms with Crippen LogP contribution in [0.4, 0.5) is 5.69 Å². The van der Waals surface area contributed by atoms with Crippen molar-refractivity contribution >= 4 is 16.8 Å². The van der Waals surface area contributed by atoms with Gasteiger partial charge in [0, 0.05) is 44.0 Å². The lowest BCUT2D eigenvalue weighted by atomic mass is 10.0. The smallest absolute Gasteiger partial charge is 0.155 e. The highest BCUT2D eigenvalue weighted by Gasteiger charge is 2.19. The molecular formula is C21H25N3O2. The molecule has 4 rings (SSSR count). The van der Waals surface area contributed by atoms with Gasteiger partial charge in [0.25, 0.3) is 0 Å². The van der Waals surface area contributed by atoms with Crippen LogP contribution in [-0.4, -0.2) is 31.7 Å². The molecule has 2 aliphatic heterocycles. The Balaban J connectivity index is 1.89. The molecular weight excluding hydrogens is 326 g/mol. The molecule has 0 bridgehead atoms. The zero-order chi connectivity index (χ0) is 18.1. The maximum Gasteiger partial charge on any atom is 0.155 e. The molecule has 2 heterocycles. The fourth-order valence-electron chi connectivity index (χ4n) is 3.63. The van der Waals surface area contributed by atoms with Crippen molar-refractivity contribution in [3.05, 3.63) is 35.2 Å². The molecule has 136 valence electrons. The van der Waals surface area contributed by atoms with Crippen molar-refractivity contribution in [3.8, 4) is 17.2 Å². The van der Waals surface area contributed by atoms with Gasteiger partial charge in [0.05, 0.1) is 6.61 Å². The van der Waals surface area contributed by atoms with Crippen molar-refractivity contribution in [3.63, 3.8) is 0 Å². The second-order valence-electron chi connectivity index (χ2n) is 6.71. The number of ether oxygens (including phenoxy) is 1. The van der Waals surface area contributed by atoms with Crippen LogP contribution in [0.2, 0.25) is 0 Å². The molecule has 1 aromatic carbocycles. The van der Waals surface area contributed by atoms with E-state index in [4.69, 9.17) is 14.1 Å². The van der Waals surface area contributed by atoms with E-state index in [1.54, 1.807) is 7.05 Å². The number of rotatable bonds is 4. The van der Waals surface area contributed by atoms with E-state index in [0.29, 0.717) is 6.61 Å². The Morgan fingerprint density at radius 1 is 1.23 bits per heavy atom. The number of fused-ring (bicyclic) bond motifs is 3. The summed E-state index contributed by atoms with van der Waals surface area (Å²) in [5, 5.41) is 0.795. The van der Waals surface area contributed by atoms with Crippen LogP contribution < -0.4 is 15.0 Å². The fraction of sp³-hybridized carbons (Fsp3) is 0.429. The Kier molecular flexibility index (Phi) is 4.53. The second kappa shape index (κ2) is 6.98. The Morgan fingerprint density at radius 2 is 2.12 bits per heavy atom. The van der Waals surface area contributed by atoms with E-state index in [-0.39, 0.29) is 0 Å².